The zero-order chi connectivity index (χ0) is 23.6. The SMILES string of the molecule is O=C(c1ncc(-c2ccccc2Sc2ccc(F)cc2)s1)S(=O)(=O)c1ccc([N+](=O)[O-])cc1. The predicted octanol–water partition coefficient (Wildman–Crippen LogP) is 5.62. The first-order valence-corrected chi connectivity index (χ1v) is 12.4. The average Bonchev–Trinajstić information content (AvgIpc) is 3.30. The molecule has 166 valence electrons. The van der Waals surface area contributed by atoms with Crippen molar-refractivity contribution in [2.75, 3.05) is 0 Å². The summed E-state index contributed by atoms with van der Waals surface area (Å²) in [6.07, 6.45) is 1.42. The van der Waals surface area contributed by atoms with Crippen molar-refractivity contribution in [1.29, 1.82) is 0 Å². The fourth-order valence-corrected chi connectivity index (χ4v) is 6.11. The fraction of sp³-hybridized carbons (Fsp3) is 0. The highest BCUT2D eigenvalue weighted by atomic mass is 32.2. The van der Waals surface area contributed by atoms with Gasteiger partial charge in [-0.2, -0.15) is 0 Å². The van der Waals surface area contributed by atoms with Crippen molar-refractivity contribution >= 4 is 43.7 Å². The van der Waals surface area contributed by atoms with Crippen molar-refractivity contribution in [1.82, 2.24) is 4.98 Å². The Hall–Kier alpha value is -3.41. The first-order chi connectivity index (χ1) is 15.8. The number of thiazole rings is 1. The third kappa shape index (κ3) is 4.85. The van der Waals surface area contributed by atoms with Crippen molar-refractivity contribution in [3.63, 3.8) is 0 Å². The van der Waals surface area contributed by atoms with Crippen LogP contribution in [-0.2, 0) is 9.84 Å². The summed E-state index contributed by atoms with van der Waals surface area (Å²) in [6.45, 7) is 0. The molecule has 0 spiro atoms. The molecule has 0 aliphatic carbocycles. The van der Waals surface area contributed by atoms with Gasteiger partial charge in [-0.25, -0.2) is 17.8 Å². The molecular formula is C22H13FN2O5S3. The monoisotopic (exact) mass is 500 g/mol. The molecule has 0 bridgehead atoms. The molecule has 4 rings (SSSR count). The van der Waals surface area contributed by atoms with Crippen LogP contribution in [0.5, 0.6) is 0 Å². The molecule has 0 amide bonds. The van der Waals surface area contributed by atoms with Gasteiger partial charge in [-0.3, -0.25) is 14.9 Å². The van der Waals surface area contributed by atoms with Gasteiger partial charge in [0, 0.05) is 33.7 Å². The van der Waals surface area contributed by atoms with Crippen LogP contribution < -0.4 is 0 Å². The second-order valence-electron chi connectivity index (χ2n) is 6.62. The summed E-state index contributed by atoms with van der Waals surface area (Å²) in [5.74, 6) is -0.340. The molecular weight excluding hydrogens is 487 g/mol. The number of carbonyl (C=O) groups excluding carboxylic acids is 1. The van der Waals surface area contributed by atoms with Crippen molar-refractivity contribution in [3.05, 3.63) is 99.9 Å². The second kappa shape index (κ2) is 9.22. The molecule has 0 aliphatic rings. The van der Waals surface area contributed by atoms with Gasteiger partial charge in [-0.15, -0.1) is 11.3 Å². The molecule has 0 atom stereocenters. The van der Waals surface area contributed by atoms with E-state index in [1.54, 1.807) is 18.2 Å². The Kier molecular flexibility index (Phi) is 6.36. The van der Waals surface area contributed by atoms with Crippen LogP contribution in [0, 0.1) is 15.9 Å². The van der Waals surface area contributed by atoms with E-state index in [1.807, 2.05) is 18.2 Å². The van der Waals surface area contributed by atoms with E-state index >= 15 is 0 Å². The van der Waals surface area contributed by atoms with Crippen LogP contribution in [0.1, 0.15) is 9.80 Å². The van der Waals surface area contributed by atoms with Crippen LogP contribution in [0.4, 0.5) is 10.1 Å². The Balaban J connectivity index is 1.62. The van der Waals surface area contributed by atoms with Crippen LogP contribution in [0.3, 0.4) is 0 Å². The molecule has 0 aliphatic heterocycles. The maximum Gasteiger partial charge on any atom is 0.309 e. The number of non-ortho nitro benzene ring substituents is 1. The number of benzene rings is 3. The lowest BCUT2D eigenvalue weighted by Gasteiger charge is -2.07. The van der Waals surface area contributed by atoms with Crippen LogP contribution in [0.2, 0.25) is 0 Å². The van der Waals surface area contributed by atoms with Gasteiger partial charge in [0.05, 0.1) is 14.7 Å². The molecule has 7 nitrogen and oxygen atoms in total. The molecule has 3 aromatic carbocycles. The highest BCUT2D eigenvalue weighted by Crippen LogP contribution is 2.38. The van der Waals surface area contributed by atoms with E-state index in [1.165, 1.54) is 30.1 Å². The molecule has 4 aromatic rings. The highest BCUT2D eigenvalue weighted by molar-refractivity contribution is 8.07. The van der Waals surface area contributed by atoms with Gasteiger partial charge < -0.3 is 0 Å². The van der Waals surface area contributed by atoms with E-state index in [0.29, 0.717) is 4.88 Å². The van der Waals surface area contributed by atoms with Crippen molar-refractivity contribution in [3.8, 4) is 10.4 Å². The van der Waals surface area contributed by atoms with Gasteiger partial charge in [-0.05, 0) is 42.5 Å². The number of sulfone groups is 1. The van der Waals surface area contributed by atoms with Gasteiger partial charge in [0.25, 0.3) is 5.69 Å². The van der Waals surface area contributed by atoms with Crippen LogP contribution in [0.25, 0.3) is 10.4 Å². The van der Waals surface area contributed by atoms with Crippen molar-refractivity contribution < 1.29 is 22.5 Å². The largest absolute Gasteiger partial charge is 0.309 e. The molecule has 0 radical (unpaired) electrons. The minimum absolute atomic E-state index is 0.218. The summed E-state index contributed by atoms with van der Waals surface area (Å²) >= 11 is 2.32. The van der Waals surface area contributed by atoms with Gasteiger partial charge in [0.15, 0.2) is 5.01 Å². The Labute approximate surface area is 196 Å². The van der Waals surface area contributed by atoms with E-state index in [2.05, 4.69) is 4.98 Å². The normalized spacial score (nSPS) is 11.3. The maximum absolute atomic E-state index is 13.2. The first kappa shape index (κ1) is 22.8. The van der Waals surface area contributed by atoms with Gasteiger partial charge >= 0.3 is 5.12 Å². The summed E-state index contributed by atoms with van der Waals surface area (Å²) in [4.78, 5) is 28.7. The first-order valence-electron chi connectivity index (χ1n) is 9.28. The number of hydrogen-bond acceptors (Lipinski definition) is 8. The highest BCUT2D eigenvalue weighted by Gasteiger charge is 2.30. The minimum atomic E-state index is -4.42. The molecule has 1 aromatic heterocycles. The Morgan fingerprint density at radius 1 is 1.00 bits per heavy atom. The summed E-state index contributed by atoms with van der Waals surface area (Å²) in [7, 11) is -4.42. The Bertz CT molecular complexity index is 1450. The summed E-state index contributed by atoms with van der Waals surface area (Å²) in [5.41, 5.74) is 0.462. The molecule has 11 heteroatoms. The van der Waals surface area contributed by atoms with Gasteiger partial charge in [0.1, 0.15) is 5.82 Å². The van der Waals surface area contributed by atoms with E-state index in [0.717, 1.165) is 51.0 Å². The van der Waals surface area contributed by atoms with Crippen LogP contribution in [-0.4, -0.2) is 23.4 Å². The third-order valence-electron chi connectivity index (χ3n) is 4.48. The quantitative estimate of drug-likeness (QED) is 0.250. The number of aromatic nitrogens is 1. The van der Waals surface area contributed by atoms with Gasteiger partial charge in [-0.1, -0.05) is 30.0 Å². The molecule has 0 fully saturated rings. The average molecular weight is 501 g/mol. The Morgan fingerprint density at radius 2 is 1.67 bits per heavy atom. The molecule has 0 saturated heterocycles. The molecule has 33 heavy (non-hydrogen) atoms. The van der Waals surface area contributed by atoms with E-state index in [-0.39, 0.29) is 21.4 Å². The number of nitro benzene ring substituents is 1. The number of carbonyl (C=O) groups is 1. The standard InChI is InChI=1S/C22H13FN2O5S3/c23-14-5-9-16(10-6-14)31-19-4-2-1-3-18(19)20-13-24-21(32-20)22(26)33(29,30)17-11-7-15(8-12-17)25(27)28/h1-13H. The lowest BCUT2D eigenvalue weighted by molar-refractivity contribution is -0.384. The lowest BCUT2D eigenvalue weighted by Crippen LogP contribution is -2.15. The van der Waals surface area contributed by atoms with Crippen LogP contribution in [0.15, 0.2) is 93.7 Å². The topological polar surface area (TPSA) is 107 Å². The van der Waals surface area contributed by atoms with E-state index < -0.39 is 19.9 Å². The number of hydrogen-bond donors (Lipinski definition) is 0. The second-order valence-corrected chi connectivity index (χ2v) is 10.6. The summed E-state index contributed by atoms with van der Waals surface area (Å²) in [6, 6.07) is 17.4. The summed E-state index contributed by atoms with van der Waals surface area (Å²) in [5, 5.41) is 9.37. The molecule has 0 unspecified atom stereocenters. The maximum atomic E-state index is 13.2. The predicted molar refractivity (Wildman–Crippen MR) is 123 cm³/mol. The number of rotatable bonds is 6. The zero-order valence-corrected chi connectivity index (χ0v) is 19.0. The van der Waals surface area contributed by atoms with Crippen molar-refractivity contribution in [2.45, 2.75) is 14.7 Å². The number of nitro groups is 1. The zero-order valence-electron chi connectivity index (χ0n) is 16.5. The minimum Gasteiger partial charge on any atom is -0.273 e. The fourth-order valence-electron chi connectivity index (χ4n) is 2.85. The smallest absolute Gasteiger partial charge is 0.273 e. The lowest BCUT2D eigenvalue weighted by atomic mass is 10.2. The Morgan fingerprint density at radius 3 is 2.33 bits per heavy atom. The molecule has 0 N–H and O–H groups in total. The molecule has 1 heterocycles. The van der Waals surface area contributed by atoms with E-state index in [9.17, 15) is 27.7 Å². The summed E-state index contributed by atoms with van der Waals surface area (Å²) < 4.78 is 38.6. The molecule has 0 saturated carbocycles. The van der Waals surface area contributed by atoms with Crippen LogP contribution >= 0.6 is 23.1 Å². The van der Waals surface area contributed by atoms with E-state index in [4.69, 9.17) is 0 Å². The number of halogens is 1. The van der Waals surface area contributed by atoms with Crippen molar-refractivity contribution in [2.24, 2.45) is 0 Å². The van der Waals surface area contributed by atoms with Gasteiger partial charge in [0.2, 0.25) is 9.84 Å². The third-order valence-corrected chi connectivity index (χ3v) is 8.29. The number of nitrogens with zero attached hydrogens (tertiary/aromatic N) is 2.